The van der Waals surface area contributed by atoms with Crippen LogP contribution in [0.3, 0.4) is 0 Å². The second-order valence-corrected chi connectivity index (χ2v) is 10.3. The van der Waals surface area contributed by atoms with E-state index in [2.05, 4.69) is 5.32 Å². The maximum absolute atomic E-state index is 13.6. The van der Waals surface area contributed by atoms with Crippen LogP contribution in [0.1, 0.15) is 31.7 Å². The lowest BCUT2D eigenvalue weighted by Crippen LogP contribution is -2.61. The fourth-order valence-electron chi connectivity index (χ4n) is 4.86. The third-order valence-corrected chi connectivity index (χ3v) is 7.24. The number of aliphatic hydroxyl groups excluding tert-OH is 3. The van der Waals surface area contributed by atoms with Gasteiger partial charge in [-0.1, -0.05) is 48.5 Å². The van der Waals surface area contributed by atoms with E-state index < -0.39 is 85.6 Å². The van der Waals surface area contributed by atoms with Crippen LogP contribution in [0, 0.1) is 0 Å². The topological polar surface area (TPSA) is 203 Å². The number of hydrogen-bond donors (Lipinski definition) is 6. The van der Waals surface area contributed by atoms with Crippen molar-refractivity contribution in [3.8, 4) is 5.75 Å². The molecule has 1 saturated heterocycles. The van der Waals surface area contributed by atoms with E-state index in [1.54, 1.807) is 30.3 Å². The minimum atomic E-state index is -1.73. The van der Waals surface area contributed by atoms with Crippen LogP contribution in [0.5, 0.6) is 5.75 Å². The zero-order chi connectivity index (χ0) is 31.5. The molecule has 43 heavy (non-hydrogen) atoms. The number of nitrogens with one attached hydrogen (secondary N) is 1. The van der Waals surface area contributed by atoms with Gasteiger partial charge in [0.05, 0.1) is 12.5 Å². The minimum Gasteiger partial charge on any atom is -0.491 e. The standard InChI is InChI=1S/C30H38N2O11/c1-18(29(39)31-15-14-19-8-4-2-5-9-19)32(21(30(40)41)12-13-25(34)35)24(33)16-22-26(36)28(38)27(37)23(43-22)17-42-20-10-6-3-7-11-20/h2-11,18,21-23,26-28,36-38H,12-17H2,1H3,(H,31,39)(H,34,35)(H,40,41). The summed E-state index contributed by atoms with van der Waals surface area (Å²) in [6.07, 6.45) is -8.84. The van der Waals surface area contributed by atoms with Gasteiger partial charge in [0.1, 0.15) is 48.9 Å². The predicted octanol–water partition coefficient (Wildman–Crippen LogP) is 0.200. The maximum Gasteiger partial charge on any atom is 0.326 e. The average Bonchev–Trinajstić information content (AvgIpc) is 2.99. The fourth-order valence-corrected chi connectivity index (χ4v) is 4.86. The van der Waals surface area contributed by atoms with Gasteiger partial charge < -0.3 is 45.2 Å². The first-order valence-electron chi connectivity index (χ1n) is 13.9. The van der Waals surface area contributed by atoms with E-state index in [1.807, 2.05) is 30.3 Å². The van der Waals surface area contributed by atoms with Crippen molar-refractivity contribution in [3.05, 3.63) is 66.2 Å². The monoisotopic (exact) mass is 602 g/mol. The molecule has 13 heteroatoms. The van der Waals surface area contributed by atoms with E-state index >= 15 is 0 Å². The molecule has 1 heterocycles. The molecule has 1 fully saturated rings. The normalized spacial score (nSPS) is 23.0. The quantitative estimate of drug-likeness (QED) is 0.163. The second kappa shape index (κ2) is 16.0. The van der Waals surface area contributed by atoms with Crippen LogP contribution in [0.2, 0.25) is 0 Å². The first kappa shape index (κ1) is 33.5. The summed E-state index contributed by atoms with van der Waals surface area (Å²) in [5, 5.41) is 53.3. The first-order valence-corrected chi connectivity index (χ1v) is 13.9. The van der Waals surface area contributed by atoms with Crippen molar-refractivity contribution in [2.45, 2.75) is 75.2 Å². The van der Waals surface area contributed by atoms with E-state index in [0.717, 1.165) is 10.5 Å². The summed E-state index contributed by atoms with van der Waals surface area (Å²) >= 11 is 0. The summed E-state index contributed by atoms with van der Waals surface area (Å²) in [5.74, 6) is -3.96. The van der Waals surface area contributed by atoms with E-state index in [1.165, 1.54) is 6.92 Å². The van der Waals surface area contributed by atoms with E-state index in [0.29, 0.717) is 12.2 Å². The Bertz CT molecular complexity index is 1210. The molecule has 2 aromatic rings. The fraction of sp³-hybridized carbons (Fsp3) is 0.467. The van der Waals surface area contributed by atoms with Gasteiger partial charge in [0.2, 0.25) is 11.8 Å². The van der Waals surface area contributed by atoms with Crippen molar-refractivity contribution < 1.29 is 54.2 Å². The number of ether oxygens (including phenoxy) is 2. The Morgan fingerprint density at radius 2 is 1.51 bits per heavy atom. The van der Waals surface area contributed by atoms with Crippen LogP contribution in [0.25, 0.3) is 0 Å². The smallest absolute Gasteiger partial charge is 0.326 e. The van der Waals surface area contributed by atoms with Gasteiger partial charge in [-0.05, 0) is 37.5 Å². The molecule has 6 N–H and O–H groups in total. The molecular weight excluding hydrogens is 564 g/mol. The lowest BCUT2D eigenvalue weighted by Gasteiger charge is -2.41. The maximum atomic E-state index is 13.6. The Balaban J connectivity index is 1.76. The Labute approximate surface area is 248 Å². The van der Waals surface area contributed by atoms with Crippen molar-refractivity contribution in [1.29, 1.82) is 0 Å². The van der Waals surface area contributed by atoms with Crippen molar-refractivity contribution in [2.24, 2.45) is 0 Å². The Hall–Kier alpha value is -4.04. The van der Waals surface area contributed by atoms with Gasteiger partial charge in [-0.3, -0.25) is 14.4 Å². The second-order valence-electron chi connectivity index (χ2n) is 10.3. The molecular formula is C30H38N2O11. The van der Waals surface area contributed by atoms with Gasteiger partial charge in [-0.2, -0.15) is 0 Å². The molecule has 1 aliphatic rings. The summed E-state index contributed by atoms with van der Waals surface area (Å²) in [7, 11) is 0. The molecule has 2 aromatic carbocycles. The number of aliphatic hydroxyl groups is 3. The summed E-state index contributed by atoms with van der Waals surface area (Å²) < 4.78 is 11.3. The number of benzene rings is 2. The number of carboxylic acid groups (broad SMARTS) is 2. The molecule has 13 nitrogen and oxygen atoms in total. The minimum absolute atomic E-state index is 0.194. The van der Waals surface area contributed by atoms with Crippen LogP contribution >= 0.6 is 0 Å². The summed E-state index contributed by atoms with van der Waals surface area (Å²) in [6.45, 7) is 1.28. The largest absolute Gasteiger partial charge is 0.491 e. The highest BCUT2D eigenvalue weighted by atomic mass is 16.6. The van der Waals surface area contributed by atoms with Gasteiger partial charge in [-0.25, -0.2) is 4.79 Å². The van der Waals surface area contributed by atoms with Gasteiger partial charge in [0.25, 0.3) is 0 Å². The predicted molar refractivity (Wildman–Crippen MR) is 151 cm³/mol. The van der Waals surface area contributed by atoms with Gasteiger partial charge in [0.15, 0.2) is 0 Å². The Morgan fingerprint density at radius 1 is 0.907 bits per heavy atom. The average molecular weight is 603 g/mol. The van der Waals surface area contributed by atoms with Crippen molar-refractivity contribution in [3.63, 3.8) is 0 Å². The molecule has 1 aliphatic heterocycles. The lowest BCUT2D eigenvalue weighted by molar-refractivity contribution is -0.229. The van der Waals surface area contributed by atoms with E-state index in [-0.39, 0.29) is 13.2 Å². The van der Waals surface area contributed by atoms with Crippen LogP contribution in [-0.2, 0) is 30.3 Å². The van der Waals surface area contributed by atoms with Crippen molar-refractivity contribution >= 4 is 23.8 Å². The van der Waals surface area contributed by atoms with Crippen LogP contribution < -0.4 is 10.1 Å². The first-order chi connectivity index (χ1) is 20.5. The number of carbonyl (C=O) groups excluding carboxylic acids is 2. The van der Waals surface area contributed by atoms with Crippen LogP contribution in [0.15, 0.2) is 60.7 Å². The lowest BCUT2D eigenvalue weighted by atomic mass is 9.92. The molecule has 0 radical (unpaired) electrons. The molecule has 0 saturated carbocycles. The van der Waals surface area contributed by atoms with Gasteiger partial charge in [0, 0.05) is 13.0 Å². The Morgan fingerprint density at radius 3 is 2.12 bits per heavy atom. The van der Waals surface area contributed by atoms with Crippen molar-refractivity contribution in [1.82, 2.24) is 10.2 Å². The molecule has 234 valence electrons. The number of amides is 2. The molecule has 0 aromatic heterocycles. The number of carboxylic acids is 2. The molecule has 7 unspecified atom stereocenters. The number of para-hydroxylation sites is 1. The van der Waals surface area contributed by atoms with Crippen molar-refractivity contribution in [2.75, 3.05) is 13.2 Å². The van der Waals surface area contributed by atoms with Gasteiger partial charge >= 0.3 is 11.9 Å². The highest BCUT2D eigenvalue weighted by Gasteiger charge is 2.46. The van der Waals surface area contributed by atoms with E-state index in [4.69, 9.17) is 14.6 Å². The number of rotatable bonds is 15. The molecule has 0 aliphatic carbocycles. The van der Waals surface area contributed by atoms with E-state index in [9.17, 15) is 39.6 Å². The van der Waals surface area contributed by atoms with Crippen LogP contribution in [-0.4, -0.2) is 110 Å². The molecule has 0 bridgehead atoms. The molecule has 2 amide bonds. The SMILES string of the molecule is CC(C(=O)NCCc1ccccc1)N(C(=O)CC1OC(COc2ccccc2)C(O)C(O)C1O)C(CCC(=O)O)C(=O)O. The third-order valence-electron chi connectivity index (χ3n) is 7.24. The number of carbonyl (C=O) groups is 4. The number of aliphatic carboxylic acids is 2. The zero-order valence-corrected chi connectivity index (χ0v) is 23.7. The molecule has 0 spiro atoms. The highest BCUT2D eigenvalue weighted by Crippen LogP contribution is 2.26. The van der Waals surface area contributed by atoms with Gasteiger partial charge in [-0.15, -0.1) is 0 Å². The molecule has 3 rings (SSSR count). The highest BCUT2D eigenvalue weighted by molar-refractivity contribution is 5.91. The molecule has 7 atom stereocenters. The Kier molecular flexibility index (Phi) is 12.4. The summed E-state index contributed by atoms with van der Waals surface area (Å²) in [4.78, 5) is 50.9. The third kappa shape index (κ3) is 9.48. The van der Waals surface area contributed by atoms with Crippen LogP contribution in [0.4, 0.5) is 0 Å². The number of nitrogens with zero attached hydrogens (tertiary/aromatic N) is 1. The number of hydrogen-bond acceptors (Lipinski definition) is 9. The summed E-state index contributed by atoms with van der Waals surface area (Å²) in [6, 6.07) is 14.8. The zero-order valence-electron chi connectivity index (χ0n) is 23.7. The summed E-state index contributed by atoms with van der Waals surface area (Å²) in [5.41, 5.74) is 0.947.